The summed E-state index contributed by atoms with van der Waals surface area (Å²) in [5.74, 6) is 7.22. The van der Waals surface area contributed by atoms with Crippen molar-refractivity contribution in [3.05, 3.63) is 214 Å². The van der Waals surface area contributed by atoms with Crippen LogP contribution in [0.4, 0.5) is 70.3 Å². The molecule has 2 aliphatic rings. The standard InChI is InChI=1S/C22H26N10O.C21H19N9.C20H15N7S3.C17H23N7OS2/c1-32-8-6-16(7-9-32)33-22-27-20(24-15-5-4-14-12-23-29-17(14)10-15)26-21(28-22)25-19-11-18(30-31-19)13-2-3-13;1-13-9-19(30-28-13)26-21-25-18(10-14-5-3-2-4-6-14)24-20(27-21)23-16-8-7-15-12-22-29-17(15)11-16;1-12-9-17(27-26-12)22-18-23-19(29-13-5-3-2-4-6-13)25-20(24-18)30-14-7-8-15-16(10-14)28-11-21-15;1-12-10-14(23-22-12)18-15-19-16(25-8-5-7-24(2)3)21-17(20-15)27-11-13-6-4-9-26-13/h4-5,10-13,16H,2-3,6-9H2,1H3,(H,23,29)(H3,24,25,26,27,28,30,31);2-9,11-12H,10H2,1H3,(H,22,29)(H3,23,24,25,26,27,28,30);2-11H,1H3,(H2,22,23,24,25,26,27);4,6,9-10H,5,7-8,11H2,1-3H3,(H2,18,19,20,21,22,23). The zero-order valence-corrected chi connectivity index (χ0v) is 70.0. The van der Waals surface area contributed by atoms with E-state index in [0.29, 0.717) is 111 Å². The van der Waals surface area contributed by atoms with Crippen molar-refractivity contribution >= 4 is 160 Å². The van der Waals surface area contributed by atoms with E-state index in [-0.39, 0.29) is 6.10 Å². The van der Waals surface area contributed by atoms with Gasteiger partial charge in [0, 0.05) is 122 Å². The zero-order valence-electron chi connectivity index (χ0n) is 65.9. The van der Waals surface area contributed by atoms with E-state index in [2.05, 4.69) is 192 Å². The van der Waals surface area contributed by atoms with E-state index in [4.69, 9.17) is 9.47 Å². The van der Waals surface area contributed by atoms with Crippen molar-refractivity contribution in [2.75, 3.05) is 79.3 Å². The van der Waals surface area contributed by atoms with Gasteiger partial charge in [-0.25, -0.2) is 4.98 Å². The number of anilines is 12. The Morgan fingerprint density at radius 3 is 1.66 bits per heavy atom. The zero-order chi connectivity index (χ0) is 81.9. The fourth-order valence-electron chi connectivity index (χ4n) is 12.0. The molecule has 120 heavy (non-hydrogen) atoms. The number of benzene rings is 5. The molecule has 19 rings (SSSR count). The third-order valence-electron chi connectivity index (χ3n) is 18.1. The first kappa shape index (κ1) is 80.7. The minimum absolute atomic E-state index is 0.0810. The lowest BCUT2D eigenvalue weighted by Gasteiger charge is -2.28. The molecule has 1 aliphatic heterocycles. The second-order valence-electron chi connectivity index (χ2n) is 28.2. The number of H-pyrrole nitrogens is 6. The van der Waals surface area contributed by atoms with Gasteiger partial charge in [-0.3, -0.25) is 30.6 Å². The third kappa shape index (κ3) is 23.4. The van der Waals surface area contributed by atoms with E-state index in [1.165, 1.54) is 41.2 Å². The summed E-state index contributed by atoms with van der Waals surface area (Å²) in [6.07, 6.45) is 9.43. The number of thiophene rings is 1. The van der Waals surface area contributed by atoms with Crippen LogP contribution in [0, 0.1) is 20.8 Å². The van der Waals surface area contributed by atoms with Crippen LogP contribution in [0.3, 0.4) is 0 Å². The molecule has 0 amide bonds. The Hall–Kier alpha value is -13.1. The highest BCUT2D eigenvalue weighted by Crippen LogP contribution is 2.40. The van der Waals surface area contributed by atoms with E-state index in [1.54, 1.807) is 46.8 Å². The van der Waals surface area contributed by atoms with Crippen molar-refractivity contribution < 1.29 is 9.47 Å². The van der Waals surface area contributed by atoms with Gasteiger partial charge < -0.3 is 51.2 Å². The van der Waals surface area contributed by atoms with Crippen LogP contribution in [0.1, 0.15) is 77.1 Å². The Morgan fingerprint density at radius 2 is 1.06 bits per heavy atom. The van der Waals surface area contributed by atoms with Crippen molar-refractivity contribution in [2.45, 2.75) is 102 Å². The normalized spacial score (nSPS) is 12.8. The Morgan fingerprint density at radius 1 is 0.500 bits per heavy atom. The summed E-state index contributed by atoms with van der Waals surface area (Å²) in [5, 5.41) is 67.9. The number of thioether (sulfide) groups is 1. The molecule has 0 unspecified atom stereocenters. The lowest BCUT2D eigenvalue weighted by atomic mass is 10.1. The Labute approximate surface area is 708 Å². The van der Waals surface area contributed by atoms with Gasteiger partial charge in [0.25, 0.3) is 0 Å². The molecule has 0 radical (unpaired) electrons. The molecule has 610 valence electrons. The third-order valence-corrected chi connectivity index (χ3v) is 22.6. The van der Waals surface area contributed by atoms with Crippen LogP contribution in [0.5, 0.6) is 12.0 Å². The summed E-state index contributed by atoms with van der Waals surface area (Å²) in [7, 11) is 6.20. The largest absolute Gasteiger partial charge is 0.463 e. The van der Waals surface area contributed by atoms with Crippen molar-refractivity contribution in [1.29, 1.82) is 0 Å². The van der Waals surface area contributed by atoms with Crippen molar-refractivity contribution in [1.82, 2.24) is 136 Å². The first-order valence-electron chi connectivity index (χ1n) is 38.4. The summed E-state index contributed by atoms with van der Waals surface area (Å²) >= 11 is 7.88. The smallest absolute Gasteiger partial charge is 0.323 e. The van der Waals surface area contributed by atoms with Crippen LogP contribution in [-0.2, 0) is 12.2 Å². The fourth-order valence-corrected chi connectivity index (χ4v) is 16.0. The first-order valence-corrected chi connectivity index (χ1v) is 42.8. The Bertz CT molecular complexity index is 5960. The number of rotatable bonds is 29. The van der Waals surface area contributed by atoms with E-state index >= 15 is 0 Å². The van der Waals surface area contributed by atoms with E-state index in [9.17, 15) is 0 Å². The molecule has 5 aromatic carbocycles. The van der Waals surface area contributed by atoms with Gasteiger partial charge in [0.1, 0.15) is 11.9 Å². The van der Waals surface area contributed by atoms with Crippen molar-refractivity contribution in [3.63, 3.8) is 0 Å². The molecular weight excluding hydrogens is 1620 g/mol. The minimum Gasteiger partial charge on any atom is -0.463 e. The SMILES string of the molecule is CN1CCC(Oc2nc(Nc3ccc4cn[nH]c4c3)nc(Nc3cc(C4CC4)[nH]n3)n2)CC1.Cc1cc(Nc2nc(Cc3ccccc3)nc(Nc3ccc4cn[nH]c4c3)n2)n[nH]1.Cc1cc(Nc2nc(OCCCN(C)C)nc(SCc3cccs3)n2)n[nH]1.Cc1cc(Nc2nc(Sc3ccccc3)nc(Sc3ccc4ncsc4c3)n2)n[nH]1. The molecule has 12 aromatic heterocycles. The number of hydrogen-bond acceptors (Lipinski definition) is 34. The molecule has 1 aliphatic carbocycles. The summed E-state index contributed by atoms with van der Waals surface area (Å²) in [6, 6.07) is 50.6. The van der Waals surface area contributed by atoms with Gasteiger partial charge in [0.2, 0.25) is 35.7 Å². The molecule has 13 heterocycles. The monoisotopic (exact) mass is 1700 g/mol. The maximum Gasteiger partial charge on any atom is 0.323 e. The number of nitrogens with zero attached hydrogens (tertiary/aromatic N) is 21. The number of fused-ring (bicyclic) bond motifs is 3. The molecule has 1 saturated carbocycles. The maximum absolute atomic E-state index is 6.16. The number of thiazole rings is 1. The highest BCUT2D eigenvalue weighted by Gasteiger charge is 2.27. The van der Waals surface area contributed by atoms with Gasteiger partial charge in [0.05, 0.1) is 45.8 Å². The average Bonchev–Trinajstić information content (AvgIpc) is 1.51. The van der Waals surface area contributed by atoms with E-state index < -0.39 is 0 Å². The van der Waals surface area contributed by atoms with E-state index in [0.717, 1.165) is 126 Å². The molecule has 0 atom stereocenters. The number of aryl methyl sites for hydroxylation is 3. The molecule has 35 nitrogen and oxygen atoms in total. The minimum atomic E-state index is 0.0810. The molecule has 1 saturated heterocycles. The van der Waals surface area contributed by atoms with Gasteiger partial charge in [-0.05, 0) is 181 Å². The van der Waals surface area contributed by atoms with Crippen LogP contribution in [0.2, 0.25) is 0 Å². The molecule has 17 aromatic rings. The van der Waals surface area contributed by atoms with Crippen LogP contribution in [0.25, 0.3) is 32.0 Å². The number of nitrogens with one attached hydrogen (secondary N) is 12. The predicted molar refractivity (Wildman–Crippen MR) is 469 cm³/mol. The summed E-state index contributed by atoms with van der Waals surface area (Å²) in [5.41, 5.74) is 11.5. The van der Waals surface area contributed by atoms with Gasteiger partial charge >= 0.3 is 12.0 Å². The lowest BCUT2D eigenvalue weighted by Crippen LogP contribution is -2.36. The number of aromatic amines is 6. The number of likely N-dealkylation sites (tertiary alicyclic amines) is 1. The van der Waals surface area contributed by atoms with Crippen molar-refractivity contribution in [2.24, 2.45) is 0 Å². The number of ether oxygens (including phenoxy) is 2. The molecule has 0 spiro atoms. The molecular formula is C80H83N33O2S5. The molecule has 2 fully saturated rings. The summed E-state index contributed by atoms with van der Waals surface area (Å²) in [4.78, 5) is 66.6. The van der Waals surface area contributed by atoms with Gasteiger partial charge in [0.15, 0.2) is 38.7 Å². The van der Waals surface area contributed by atoms with Gasteiger partial charge in [-0.2, -0.15) is 90.4 Å². The number of piperidine rings is 1. The van der Waals surface area contributed by atoms with Crippen LogP contribution < -0.4 is 41.4 Å². The summed E-state index contributed by atoms with van der Waals surface area (Å²) in [6.45, 7) is 9.30. The predicted octanol–water partition coefficient (Wildman–Crippen LogP) is 16.1. The van der Waals surface area contributed by atoms with Crippen LogP contribution in [0.15, 0.2) is 200 Å². The fraction of sp³-hybridized carbons (Fsp3) is 0.237. The topological polar surface area (TPSA) is 437 Å². The lowest BCUT2D eigenvalue weighted by molar-refractivity contribution is 0.105. The first-order chi connectivity index (χ1) is 58.7. The second kappa shape index (κ2) is 39.0. The van der Waals surface area contributed by atoms with Gasteiger partial charge in [-0.15, -0.1) is 22.7 Å². The highest BCUT2D eigenvalue weighted by atomic mass is 32.2. The highest BCUT2D eigenvalue weighted by molar-refractivity contribution is 8.00. The van der Waals surface area contributed by atoms with E-state index in [1.807, 2.05) is 180 Å². The maximum atomic E-state index is 6.16. The van der Waals surface area contributed by atoms with Crippen LogP contribution >= 0.6 is 58.0 Å². The molecule has 12 N–H and O–H groups in total. The quantitative estimate of drug-likeness (QED) is 0.0153. The molecule has 0 bridgehead atoms. The number of aromatic nitrogens is 25. The second-order valence-corrected chi connectivity index (χ2v) is 33.1. The Balaban J connectivity index is 0.000000119. The van der Waals surface area contributed by atoms with Crippen molar-refractivity contribution in [3.8, 4) is 12.0 Å². The summed E-state index contributed by atoms with van der Waals surface area (Å²) < 4.78 is 13.0. The average molecular weight is 1700 g/mol. The molecule has 40 heteroatoms. The van der Waals surface area contributed by atoms with Crippen LogP contribution in [-0.4, -0.2) is 189 Å². The van der Waals surface area contributed by atoms with Gasteiger partial charge in [-0.1, -0.05) is 66.4 Å². The Kier molecular flexibility index (Phi) is 26.2. The number of hydrogen-bond donors (Lipinski definition) is 12.